The predicted octanol–water partition coefficient (Wildman–Crippen LogP) is 3.24. The summed E-state index contributed by atoms with van der Waals surface area (Å²) in [6, 6.07) is 0. The van der Waals surface area contributed by atoms with Crippen LogP contribution in [0.3, 0.4) is 0 Å². The summed E-state index contributed by atoms with van der Waals surface area (Å²) in [5.74, 6) is 0.524. The van der Waals surface area contributed by atoms with Crippen molar-refractivity contribution in [3.63, 3.8) is 0 Å². The van der Waals surface area contributed by atoms with Crippen LogP contribution in [0.25, 0.3) is 0 Å². The van der Waals surface area contributed by atoms with Gasteiger partial charge in [-0.15, -0.1) is 0 Å². The number of carbonyl (C=O) groups excluding carboxylic acids is 3. The third-order valence-electron chi connectivity index (χ3n) is 8.75. The van der Waals surface area contributed by atoms with Gasteiger partial charge in [0, 0.05) is 13.3 Å². The Labute approximate surface area is 166 Å². The number of Topliss-reactive ketones (excluding diaryl/α,β-unsaturated/α-hetero) is 1. The van der Waals surface area contributed by atoms with Gasteiger partial charge in [-0.25, -0.2) is 0 Å². The number of hydrogen-bond acceptors (Lipinski definition) is 5. The maximum atomic E-state index is 12.8. The van der Waals surface area contributed by atoms with E-state index in [2.05, 4.69) is 13.8 Å². The average Bonchev–Trinajstić information content (AvgIpc) is 2.90. The lowest BCUT2D eigenvalue weighted by molar-refractivity contribution is -0.150. The maximum Gasteiger partial charge on any atom is 0.303 e. The molecule has 1 N–H and O–H groups in total. The molecule has 4 aliphatic carbocycles. The number of esters is 1. The monoisotopic (exact) mass is 388 g/mol. The van der Waals surface area contributed by atoms with Crippen LogP contribution in [0.2, 0.25) is 0 Å². The number of rotatable bonds is 3. The van der Waals surface area contributed by atoms with Gasteiger partial charge in [0.1, 0.15) is 6.61 Å². The summed E-state index contributed by atoms with van der Waals surface area (Å²) in [6.45, 7) is 5.56. The van der Waals surface area contributed by atoms with E-state index < -0.39 is 18.0 Å². The first-order chi connectivity index (χ1) is 13.2. The van der Waals surface area contributed by atoms with Crippen LogP contribution < -0.4 is 0 Å². The summed E-state index contributed by atoms with van der Waals surface area (Å²) in [6.07, 6.45) is 7.40. The lowest BCUT2D eigenvalue weighted by atomic mass is 9.46. The number of ketones is 2. The van der Waals surface area contributed by atoms with Crippen LogP contribution >= 0.6 is 0 Å². The first-order valence-electron chi connectivity index (χ1n) is 10.7. The second-order valence-electron chi connectivity index (χ2n) is 10.0. The van der Waals surface area contributed by atoms with Crippen LogP contribution in [0.5, 0.6) is 0 Å². The maximum absolute atomic E-state index is 12.8. The van der Waals surface area contributed by atoms with Crippen LogP contribution in [0, 0.1) is 34.5 Å². The van der Waals surface area contributed by atoms with Crippen LogP contribution in [0.1, 0.15) is 65.7 Å². The number of fused-ring (bicyclic) bond motifs is 5. The molecule has 5 nitrogen and oxygen atoms in total. The molecule has 0 spiro atoms. The topological polar surface area (TPSA) is 80.7 Å². The van der Waals surface area contributed by atoms with Gasteiger partial charge in [0.05, 0.1) is 12.0 Å². The largest absolute Gasteiger partial charge is 0.458 e. The Balaban J connectivity index is 1.59. The number of carbonyl (C=O) groups is 3. The van der Waals surface area contributed by atoms with Crippen LogP contribution in [-0.4, -0.2) is 35.4 Å². The summed E-state index contributed by atoms with van der Waals surface area (Å²) >= 11 is 0. The second-order valence-corrected chi connectivity index (χ2v) is 10.0. The fourth-order valence-electron chi connectivity index (χ4n) is 7.42. The molecule has 0 radical (unpaired) electrons. The van der Waals surface area contributed by atoms with Crippen molar-refractivity contribution in [3.8, 4) is 0 Å². The van der Waals surface area contributed by atoms with Crippen molar-refractivity contribution in [2.24, 2.45) is 34.5 Å². The fourth-order valence-corrected chi connectivity index (χ4v) is 7.42. The van der Waals surface area contributed by atoms with Gasteiger partial charge in [-0.3, -0.25) is 14.4 Å². The van der Waals surface area contributed by atoms with Crippen molar-refractivity contribution in [2.75, 3.05) is 6.61 Å². The number of hydrogen-bond donors (Lipinski definition) is 1. The lowest BCUT2D eigenvalue weighted by Gasteiger charge is -2.57. The number of ether oxygens (including phenoxy) is 1. The van der Waals surface area contributed by atoms with E-state index in [1.54, 1.807) is 0 Å². The zero-order valence-corrected chi connectivity index (χ0v) is 17.2. The molecular formula is C23H32O5. The van der Waals surface area contributed by atoms with Gasteiger partial charge in [-0.1, -0.05) is 19.4 Å². The molecule has 0 aromatic heterocycles. The second kappa shape index (κ2) is 6.79. The Morgan fingerprint density at radius 2 is 1.93 bits per heavy atom. The molecule has 28 heavy (non-hydrogen) atoms. The average molecular weight is 389 g/mol. The van der Waals surface area contributed by atoms with E-state index in [4.69, 9.17) is 4.74 Å². The zero-order chi connectivity index (χ0) is 20.3. The molecule has 0 heterocycles. The summed E-state index contributed by atoms with van der Waals surface area (Å²) in [5, 5.41) is 10.8. The summed E-state index contributed by atoms with van der Waals surface area (Å²) < 4.78 is 4.95. The molecule has 1 unspecified atom stereocenters. The highest BCUT2D eigenvalue weighted by Gasteiger charge is 2.62. The molecule has 0 saturated heterocycles. The zero-order valence-electron chi connectivity index (χ0n) is 17.2. The Kier molecular flexibility index (Phi) is 4.80. The minimum absolute atomic E-state index is 0.0863. The molecule has 3 fully saturated rings. The molecule has 7 atom stereocenters. The molecule has 0 amide bonds. The molecule has 0 aromatic carbocycles. The molecule has 5 heteroatoms. The highest BCUT2D eigenvalue weighted by atomic mass is 16.5. The van der Waals surface area contributed by atoms with E-state index in [0.29, 0.717) is 30.6 Å². The molecule has 3 saturated carbocycles. The molecule has 0 aliphatic heterocycles. The van der Waals surface area contributed by atoms with Gasteiger partial charge in [0.2, 0.25) is 0 Å². The van der Waals surface area contributed by atoms with Crippen molar-refractivity contribution in [2.45, 2.75) is 71.8 Å². The molecule has 4 rings (SSSR count). The van der Waals surface area contributed by atoms with Crippen molar-refractivity contribution < 1.29 is 24.2 Å². The minimum atomic E-state index is -0.658. The van der Waals surface area contributed by atoms with E-state index in [0.717, 1.165) is 32.1 Å². The molecule has 0 aromatic rings. The Morgan fingerprint density at radius 1 is 1.18 bits per heavy atom. The summed E-state index contributed by atoms with van der Waals surface area (Å²) in [5.41, 5.74) is 1.18. The third kappa shape index (κ3) is 2.89. The van der Waals surface area contributed by atoms with Crippen molar-refractivity contribution in [1.29, 1.82) is 0 Å². The van der Waals surface area contributed by atoms with E-state index >= 15 is 0 Å². The fraction of sp³-hybridized carbons (Fsp3) is 0.783. The summed E-state index contributed by atoms with van der Waals surface area (Å²) in [7, 11) is 0. The summed E-state index contributed by atoms with van der Waals surface area (Å²) in [4.78, 5) is 35.9. The number of aliphatic hydroxyl groups excluding tert-OH is 1. The number of allylic oxidation sites excluding steroid dienone is 1. The van der Waals surface area contributed by atoms with E-state index in [1.807, 2.05) is 6.08 Å². The van der Waals surface area contributed by atoms with Gasteiger partial charge in [-0.05, 0) is 73.2 Å². The third-order valence-corrected chi connectivity index (χ3v) is 8.75. The normalized spacial score (nSPS) is 44.8. The van der Waals surface area contributed by atoms with Crippen molar-refractivity contribution in [3.05, 3.63) is 11.6 Å². The van der Waals surface area contributed by atoms with Crippen LogP contribution in [-0.2, 0) is 19.1 Å². The smallest absolute Gasteiger partial charge is 0.303 e. The van der Waals surface area contributed by atoms with E-state index in [-0.39, 0.29) is 29.0 Å². The lowest BCUT2D eigenvalue weighted by Crippen LogP contribution is -2.51. The van der Waals surface area contributed by atoms with Gasteiger partial charge >= 0.3 is 5.97 Å². The van der Waals surface area contributed by atoms with Crippen LogP contribution in [0.15, 0.2) is 11.6 Å². The standard InChI is InChI=1S/C23H32O5/c1-13(24)28-12-20(27)21-19(26)11-18-16-5-4-14-10-15(25)6-8-22(14,2)17(16)7-9-23(18,21)3/h10,16-19,21,26H,4-9,11-12H2,1-3H3/t16-,17+,18+,19?,21-,22+,23+/m1/s1. The van der Waals surface area contributed by atoms with Crippen LogP contribution in [0.4, 0.5) is 0 Å². The first-order valence-corrected chi connectivity index (χ1v) is 10.7. The Hall–Kier alpha value is -1.49. The highest BCUT2D eigenvalue weighted by Crippen LogP contribution is 2.66. The van der Waals surface area contributed by atoms with Crippen molar-refractivity contribution >= 4 is 17.5 Å². The Bertz CT molecular complexity index is 739. The molecule has 154 valence electrons. The van der Waals surface area contributed by atoms with Crippen molar-refractivity contribution in [1.82, 2.24) is 0 Å². The SMILES string of the molecule is CC(=O)OCC(=O)[C@H]1C(O)C[C@H]2[C@@H]3CCC4=CC(=O)CC[C@]4(C)[C@H]3CC[C@]12C. The van der Waals surface area contributed by atoms with Gasteiger partial charge in [0.25, 0.3) is 0 Å². The van der Waals surface area contributed by atoms with Gasteiger partial charge in [0.15, 0.2) is 11.6 Å². The predicted molar refractivity (Wildman–Crippen MR) is 103 cm³/mol. The molecular weight excluding hydrogens is 356 g/mol. The highest BCUT2D eigenvalue weighted by molar-refractivity contribution is 5.91. The quantitative estimate of drug-likeness (QED) is 0.751. The molecule has 0 bridgehead atoms. The van der Waals surface area contributed by atoms with Gasteiger partial charge < -0.3 is 9.84 Å². The minimum Gasteiger partial charge on any atom is -0.458 e. The van der Waals surface area contributed by atoms with Gasteiger partial charge in [-0.2, -0.15) is 0 Å². The first kappa shape index (κ1) is 19.8. The van der Waals surface area contributed by atoms with E-state index in [1.165, 1.54) is 12.5 Å². The van der Waals surface area contributed by atoms with E-state index in [9.17, 15) is 19.5 Å². The Morgan fingerprint density at radius 3 is 2.64 bits per heavy atom. The molecule has 4 aliphatic rings. The number of aliphatic hydroxyl groups is 1.